The lowest BCUT2D eigenvalue weighted by atomic mass is 9.99. The maximum atomic E-state index is 12.8. The lowest BCUT2D eigenvalue weighted by Crippen LogP contribution is -2.25. The monoisotopic (exact) mass is 516 g/mol. The molecule has 3 aromatic carbocycles. The van der Waals surface area contributed by atoms with E-state index in [2.05, 4.69) is 22.4 Å². The highest BCUT2D eigenvalue weighted by molar-refractivity contribution is 8.15. The van der Waals surface area contributed by atoms with Crippen LogP contribution in [0.1, 0.15) is 41.1 Å². The number of anilines is 1. The number of aliphatic imine (C=N–C) groups is 1. The standard InChI is InChI=1S/C28H25ClN4O2S/c1-17-8-13-22(14-18(17)2)30-26(34)16-25-27(35)31-28(36-25)33-24(20-6-4-3-5-7-20)15-23(32-33)19-9-11-21(29)12-10-19/h3-14,24-25H,15-16H2,1-2H3,(H,30,34). The quantitative estimate of drug-likeness (QED) is 0.442. The minimum absolute atomic E-state index is 0.0427. The number of hydrazone groups is 1. The van der Waals surface area contributed by atoms with Gasteiger partial charge in [0.15, 0.2) is 5.17 Å². The Balaban J connectivity index is 1.33. The van der Waals surface area contributed by atoms with Crippen LogP contribution in [0.3, 0.4) is 0 Å². The molecule has 0 saturated carbocycles. The number of rotatable bonds is 5. The molecule has 2 heterocycles. The van der Waals surface area contributed by atoms with Gasteiger partial charge in [-0.25, -0.2) is 5.01 Å². The van der Waals surface area contributed by atoms with Gasteiger partial charge in [-0.05, 0) is 60.4 Å². The van der Waals surface area contributed by atoms with Crippen LogP contribution in [0.15, 0.2) is 82.9 Å². The van der Waals surface area contributed by atoms with E-state index in [0.717, 1.165) is 33.7 Å². The molecule has 2 atom stereocenters. The molecule has 0 bridgehead atoms. The highest BCUT2D eigenvalue weighted by atomic mass is 35.5. The zero-order valence-electron chi connectivity index (χ0n) is 19.9. The van der Waals surface area contributed by atoms with Gasteiger partial charge in [-0.2, -0.15) is 10.1 Å². The van der Waals surface area contributed by atoms with E-state index < -0.39 is 5.25 Å². The second-order valence-corrected chi connectivity index (χ2v) is 10.5. The van der Waals surface area contributed by atoms with Crippen molar-refractivity contribution < 1.29 is 9.59 Å². The molecular formula is C28H25ClN4O2S. The summed E-state index contributed by atoms with van der Waals surface area (Å²) in [7, 11) is 0. The molecule has 2 aliphatic heterocycles. The van der Waals surface area contributed by atoms with Gasteiger partial charge in [-0.1, -0.05) is 71.9 Å². The lowest BCUT2D eigenvalue weighted by Gasteiger charge is -2.23. The molecule has 0 saturated heterocycles. The summed E-state index contributed by atoms with van der Waals surface area (Å²) >= 11 is 7.37. The van der Waals surface area contributed by atoms with E-state index in [1.165, 1.54) is 11.8 Å². The molecular weight excluding hydrogens is 492 g/mol. The second kappa shape index (κ2) is 10.3. The van der Waals surface area contributed by atoms with Crippen LogP contribution in [0, 0.1) is 13.8 Å². The van der Waals surface area contributed by atoms with Crippen molar-refractivity contribution in [2.75, 3.05) is 5.32 Å². The highest BCUT2D eigenvalue weighted by Gasteiger charge is 2.39. The molecule has 0 aromatic heterocycles. The van der Waals surface area contributed by atoms with Crippen LogP contribution < -0.4 is 5.32 Å². The summed E-state index contributed by atoms with van der Waals surface area (Å²) in [4.78, 5) is 29.8. The van der Waals surface area contributed by atoms with E-state index in [9.17, 15) is 9.59 Å². The average Bonchev–Trinajstić information content (AvgIpc) is 3.46. The first kappa shape index (κ1) is 24.3. The zero-order chi connectivity index (χ0) is 25.2. The first-order valence-corrected chi connectivity index (χ1v) is 13.0. The summed E-state index contributed by atoms with van der Waals surface area (Å²) < 4.78 is 0. The Morgan fingerprint density at radius 2 is 1.81 bits per heavy atom. The van der Waals surface area contributed by atoms with Crippen LogP contribution in [0.5, 0.6) is 0 Å². The Kier molecular flexibility index (Phi) is 6.94. The predicted molar refractivity (Wildman–Crippen MR) is 147 cm³/mol. The molecule has 6 nitrogen and oxygen atoms in total. The normalized spacial score (nSPS) is 19.3. The number of nitrogens with one attached hydrogen (secondary N) is 1. The predicted octanol–water partition coefficient (Wildman–Crippen LogP) is 6.13. The molecule has 1 N–H and O–H groups in total. The summed E-state index contributed by atoms with van der Waals surface area (Å²) in [6.07, 6.45) is 0.707. The summed E-state index contributed by atoms with van der Waals surface area (Å²) in [5.41, 5.74) is 5.93. The summed E-state index contributed by atoms with van der Waals surface area (Å²) in [6.45, 7) is 4.02. The van der Waals surface area contributed by atoms with Gasteiger partial charge in [0.1, 0.15) is 5.25 Å². The minimum atomic E-state index is -0.585. The molecule has 8 heteroatoms. The molecule has 5 rings (SSSR count). The van der Waals surface area contributed by atoms with E-state index >= 15 is 0 Å². The van der Waals surface area contributed by atoms with Gasteiger partial charge in [0.05, 0.1) is 11.8 Å². The van der Waals surface area contributed by atoms with Crippen molar-refractivity contribution in [2.24, 2.45) is 10.1 Å². The molecule has 0 spiro atoms. The van der Waals surface area contributed by atoms with Gasteiger partial charge in [-0.3, -0.25) is 9.59 Å². The number of benzene rings is 3. The summed E-state index contributed by atoms with van der Waals surface area (Å²) in [5.74, 6) is -0.529. The van der Waals surface area contributed by atoms with Gasteiger partial charge in [0.2, 0.25) is 5.91 Å². The van der Waals surface area contributed by atoms with Crippen LogP contribution >= 0.6 is 23.4 Å². The van der Waals surface area contributed by atoms with Crippen LogP contribution in [-0.4, -0.2) is 33.0 Å². The molecule has 0 radical (unpaired) electrons. The minimum Gasteiger partial charge on any atom is -0.326 e. The van der Waals surface area contributed by atoms with Crippen LogP contribution in [-0.2, 0) is 9.59 Å². The Morgan fingerprint density at radius 1 is 1.06 bits per heavy atom. The molecule has 2 aliphatic rings. The fraction of sp³-hybridized carbons (Fsp3) is 0.214. The first-order valence-electron chi connectivity index (χ1n) is 11.7. The number of hydrogen-bond donors (Lipinski definition) is 1. The summed E-state index contributed by atoms with van der Waals surface area (Å²) in [5, 5.41) is 10.2. The fourth-order valence-electron chi connectivity index (χ4n) is 4.24. The number of thioether (sulfide) groups is 1. The molecule has 3 aromatic rings. The summed E-state index contributed by atoms with van der Waals surface area (Å²) in [6, 6.07) is 23.3. The molecule has 182 valence electrons. The van der Waals surface area contributed by atoms with E-state index in [1.807, 2.05) is 79.5 Å². The number of nitrogens with zero attached hydrogens (tertiary/aromatic N) is 3. The molecule has 36 heavy (non-hydrogen) atoms. The van der Waals surface area contributed by atoms with E-state index in [4.69, 9.17) is 16.7 Å². The van der Waals surface area contributed by atoms with E-state index in [1.54, 1.807) is 0 Å². The first-order chi connectivity index (χ1) is 17.4. The number of halogens is 1. The Bertz CT molecular complexity index is 1370. The number of aryl methyl sites for hydroxylation is 2. The van der Waals surface area contributed by atoms with Crippen molar-refractivity contribution in [3.05, 3.63) is 100 Å². The Labute approximate surface area is 219 Å². The molecule has 2 amide bonds. The molecule has 0 aliphatic carbocycles. The van der Waals surface area contributed by atoms with Crippen molar-refractivity contribution in [2.45, 2.75) is 38.0 Å². The number of hydrogen-bond acceptors (Lipinski definition) is 5. The van der Waals surface area contributed by atoms with Crippen molar-refractivity contribution in [3.63, 3.8) is 0 Å². The Hall–Kier alpha value is -3.42. The fourth-order valence-corrected chi connectivity index (χ4v) is 5.43. The lowest BCUT2D eigenvalue weighted by molar-refractivity contribution is -0.121. The van der Waals surface area contributed by atoms with E-state index in [-0.39, 0.29) is 24.3 Å². The largest absolute Gasteiger partial charge is 0.326 e. The average molecular weight is 517 g/mol. The van der Waals surface area contributed by atoms with Crippen molar-refractivity contribution >= 4 is 51.7 Å². The van der Waals surface area contributed by atoms with Gasteiger partial charge in [-0.15, -0.1) is 0 Å². The van der Waals surface area contributed by atoms with Gasteiger partial charge in [0.25, 0.3) is 5.91 Å². The van der Waals surface area contributed by atoms with Crippen molar-refractivity contribution in [1.29, 1.82) is 0 Å². The highest BCUT2D eigenvalue weighted by Crippen LogP contribution is 2.38. The number of carbonyl (C=O) groups excluding carboxylic acids is 2. The third-order valence-electron chi connectivity index (χ3n) is 6.36. The maximum absolute atomic E-state index is 12.8. The van der Waals surface area contributed by atoms with E-state index in [0.29, 0.717) is 16.6 Å². The van der Waals surface area contributed by atoms with Crippen molar-refractivity contribution in [1.82, 2.24) is 5.01 Å². The van der Waals surface area contributed by atoms with Crippen LogP contribution in [0.2, 0.25) is 5.02 Å². The number of carbonyl (C=O) groups is 2. The second-order valence-electron chi connectivity index (χ2n) is 8.92. The number of amides is 2. The smallest absolute Gasteiger partial charge is 0.262 e. The van der Waals surface area contributed by atoms with Gasteiger partial charge < -0.3 is 5.32 Å². The van der Waals surface area contributed by atoms with Gasteiger partial charge >= 0.3 is 0 Å². The third kappa shape index (κ3) is 5.22. The van der Waals surface area contributed by atoms with Crippen LogP contribution in [0.4, 0.5) is 5.69 Å². The number of amidine groups is 1. The zero-order valence-corrected chi connectivity index (χ0v) is 21.5. The topological polar surface area (TPSA) is 74.1 Å². The Morgan fingerprint density at radius 3 is 2.53 bits per heavy atom. The maximum Gasteiger partial charge on any atom is 0.262 e. The molecule has 0 fully saturated rings. The van der Waals surface area contributed by atoms with Crippen molar-refractivity contribution in [3.8, 4) is 0 Å². The SMILES string of the molecule is Cc1ccc(NC(=O)CC2SC(N3N=C(c4ccc(Cl)cc4)CC3c3ccccc3)=NC2=O)cc1C. The molecule has 2 unspecified atom stereocenters. The van der Waals surface area contributed by atoms with Crippen LogP contribution in [0.25, 0.3) is 0 Å². The van der Waals surface area contributed by atoms with Gasteiger partial charge in [0, 0.05) is 23.6 Å². The third-order valence-corrected chi connectivity index (χ3v) is 7.75.